The largest absolute Gasteiger partial charge is 0.481 e. The molecular weight excluding hydrogens is 607 g/mol. The molecule has 2 aromatic carbocycles. The van der Waals surface area contributed by atoms with E-state index in [1.165, 1.54) is 0 Å². The van der Waals surface area contributed by atoms with Crippen molar-refractivity contribution in [2.24, 2.45) is 0 Å². The molecule has 4 rings (SSSR count). The van der Waals surface area contributed by atoms with Crippen LogP contribution < -0.4 is 4.74 Å². The first-order chi connectivity index (χ1) is 22.0. The van der Waals surface area contributed by atoms with Gasteiger partial charge in [0.15, 0.2) is 8.32 Å². The van der Waals surface area contributed by atoms with Gasteiger partial charge in [0.05, 0.1) is 31.5 Å². The number of rotatable bonds is 10. The molecule has 0 aliphatic carbocycles. The van der Waals surface area contributed by atoms with Crippen LogP contribution in [-0.4, -0.2) is 66.9 Å². The minimum Gasteiger partial charge on any atom is -0.481 e. The van der Waals surface area contributed by atoms with Crippen molar-refractivity contribution in [2.75, 3.05) is 14.2 Å². The molecule has 1 aliphatic heterocycles. The Balaban J connectivity index is 1.57. The van der Waals surface area contributed by atoms with Gasteiger partial charge in [-0.3, -0.25) is 9.69 Å². The predicted octanol–water partition coefficient (Wildman–Crippen LogP) is 8.44. The van der Waals surface area contributed by atoms with E-state index < -0.39 is 13.9 Å². The fourth-order valence-corrected chi connectivity index (χ4v) is 7.05. The third-order valence-corrected chi connectivity index (χ3v) is 13.7. The number of benzene rings is 2. The Hall–Kier alpha value is -3.69. The minimum absolute atomic E-state index is 0.00645. The van der Waals surface area contributed by atoms with E-state index in [0.717, 1.165) is 29.7 Å². The van der Waals surface area contributed by atoms with Gasteiger partial charge in [0.2, 0.25) is 5.88 Å². The van der Waals surface area contributed by atoms with Crippen molar-refractivity contribution in [3.8, 4) is 5.88 Å². The molecule has 47 heavy (non-hydrogen) atoms. The summed E-state index contributed by atoms with van der Waals surface area (Å²) in [5.74, 6) is 0.426. The summed E-state index contributed by atoms with van der Waals surface area (Å²) in [6.07, 6.45) is 1.69. The Morgan fingerprint density at radius 2 is 1.60 bits per heavy atom. The first-order valence-corrected chi connectivity index (χ1v) is 19.5. The highest BCUT2D eigenvalue weighted by Gasteiger charge is 2.47. The molecule has 0 unspecified atom stereocenters. The van der Waals surface area contributed by atoms with Crippen LogP contribution in [0.3, 0.4) is 0 Å². The second-order valence-corrected chi connectivity index (χ2v) is 19.9. The van der Waals surface area contributed by atoms with E-state index in [-0.39, 0.29) is 35.2 Å². The highest BCUT2D eigenvalue weighted by atomic mass is 28.4. The summed E-state index contributed by atoms with van der Waals surface area (Å²) in [6.45, 7) is 17.3. The summed E-state index contributed by atoms with van der Waals surface area (Å²) in [5.41, 5.74) is 2.85. The van der Waals surface area contributed by atoms with Crippen LogP contribution in [-0.2, 0) is 22.1 Å². The maximum Gasteiger partial charge on any atom is 0.410 e. The zero-order chi connectivity index (χ0) is 34.6. The van der Waals surface area contributed by atoms with Crippen LogP contribution in [0, 0.1) is 0 Å². The second kappa shape index (κ2) is 14.6. The van der Waals surface area contributed by atoms with E-state index in [1.807, 2.05) is 80.3 Å². The van der Waals surface area contributed by atoms with E-state index in [4.69, 9.17) is 13.9 Å². The van der Waals surface area contributed by atoms with E-state index in [9.17, 15) is 9.59 Å². The normalized spacial score (nSPS) is 17.7. The second-order valence-electron chi connectivity index (χ2n) is 15.1. The fraction of sp³-hybridized carbons (Fsp3) is 0.500. The van der Waals surface area contributed by atoms with Gasteiger partial charge in [-0.1, -0.05) is 69.3 Å². The van der Waals surface area contributed by atoms with Crippen molar-refractivity contribution in [1.82, 2.24) is 14.8 Å². The molecule has 8 nitrogen and oxygen atoms in total. The summed E-state index contributed by atoms with van der Waals surface area (Å²) in [6, 6.07) is 23.3. The third kappa shape index (κ3) is 9.23. The Labute approximate surface area is 282 Å². The van der Waals surface area contributed by atoms with E-state index in [2.05, 4.69) is 51.0 Å². The zero-order valence-corrected chi connectivity index (χ0v) is 30.9. The number of methoxy groups -OCH3 is 1. The summed E-state index contributed by atoms with van der Waals surface area (Å²) in [5, 5.41) is 0.00645. The van der Waals surface area contributed by atoms with Crippen LogP contribution in [0.4, 0.5) is 4.79 Å². The van der Waals surface area contributed by atoms with E-state index >= 15 is 0 Å². The number of carbonyl (C=O) groups excluding carboxylic acids is 2. The molecule has 0 bridgehead atoms. The lowest BCUT2D eigenvalue weighted by molar-refractivity contribution is -0.00239. The van der Waals surface area contributed by atoms with Crippen molar-refractivity contribution >= 4 is 20.3 Å². The van der Waals surface area contributed by atoms with Gasteiger partial charge in [-0.25, -0.2) is 9.78 Å². The van der Waals surface area contributed by atoms with Gasteiger partial charge in [0, 0.05) is 24.7 Å². The monoisotopic (exact) mass is 659 g/mol. The van der Waals surface area contributed by atoms with Crippen LogP contribution >= 0.6 is 0 Å². The molecule has 9 heteroatoms. The lowest BCUT2D eigenvalue weighted by Gasteiger charge is -2.43. The van der Waals surface area contributed by atoms with Crippen LogP contribution in [0.1, 0.15) is 87.7 Å². The summed E-state index contributed by atoms with van der Waals surface area (Å²) in [7, 11) is 1.14. The van der Waals surface area contributed by atoms with Gasteiger partial charge in [0.1, 0.15) is 5.60 Å². The Bertz CT molecular complexity index is 1500. The number of nitrogens with zero attached hydrogens (tertiary/aromatic N) is 3. The molecular formula is C38H53N3O5Si. The van der Waals surface area contributed by atoms with Gasteiger partial charge < -0.3 is 18.8 Å². The van der Waals surface area contributed by atoms with Crippen LogP contribution in [0.15, 0.2) is 72.8 Å². The highest BCUT2D eigenvalue weighted by molar-refractivity contribution is 6.74. The van der Waals surface area contributed by atoms with Crippen LogP contribution in [0.2, 0.25) is 18.1 Å². The number of hydrogen-bond acceptors (Lipinski definition) is 6. The minimum atomic E-state index is -2.21. The third-order valence-electron chi connectivity index (χ3n) is 9.26. The van der Waals surface area contributed by atoms with Crippen molar-refractivity contribution in [1.29, 1.82) is 0 Å². The Morgan fingerprint density at radius 1 is 0.936 bits per heavy atom. The van der Waals surface area contributed by atoms with Gasteiger partial charge >= 0.3 is 6.09 Å². The number of amides is 2. The number of pyridine rings is 1. The number of hydrogen-bond donors (Lipinski definition) is 0. The van der Waals surface area contributed by atoms with Gasteiger partial charge in [0.25, 0.3) is 5.91 Å². The lowest BCUT2D eigenvalue weighted by Crippen LogP contribution is -2.50. The molecule has 0 saturated carbocycles. The first-order valence-electron chi connectivity index (χ1n) is 16.6. The molecule has 0 spiro atoms. The quantitative estimate of drug-likeness (QED) is 0.203. The summed E-state index contributed by atoms with van der Waals surface area (Å²) >= 11 is 0. The van der Waals surface area contributed by atoms with Crippen molar-refractivity contribution in [3.63, 3.8) is 0 Å². The molecule has 0 radical (unpaired) electrons. The van der Waals surface area contributed by atoms with Crippen molar-refractivity contribution < 1.29 is 23.5 Å². The standard InChI is InChI=1S/C38H53N3O5Si/c1-37(2,3)45-36(43)41-31(23-24-32(41)34(28-15-12-11-13-16-28)46-47(9,10)38(4,5)6)25-27-19-21-29(22-20-27)35(42)40(7)26-30-17-14-18-33(39-30)44-8/h11-22,31-32,34H,23-26H2,1-10H3/t31-,32+,34+/m0/s1. The molecule has 1 aliphatic rings. The molecule has 1 aromatic heterocycles. The lowest BCUT2D eigenvalue weighted by atomic mass is 10.0. The maximum absolute atomic E-state index is 14.0. The van der Waals surface area contributed by atoms with Crippen LogP contribution in [0.5, 0.6) is 5.88 Å². The molecule has 0 N–H and O–H groups in total. The van der Waals surface area contributed by atoms with Gasteiger partial charge in [-0.2, -0.15) is 0 Å². The zero-order valence-electron chi connectivity index (χ0n) is 29.9. The van der Waals surface area contributed by atoms with Crippen molar-refractivity contribution in [2.45, 2.75) is 109 Å². The average Bonchev–Trinajstić information content (AvgIpc) is 3.42. The van der Waals surface area contributed by atoms with E-state index in [0.29, 0.717) is 24.4 Å². The van der Waals surface area contributed by atoms with Crippen molar-refractivity contribution in [3.05, 3.63) is 95.2 Å². The number of ether oxygens (including phenoxy) is 2. The molecule has 2 amide bonds. The Kier molecular flexibility index (Phi) is 11.2. The smallest absolute Gasteiger partial charge is 0.410 e. The molecule has 2 heterocycles. The Morgan fingerprint density at radius 3 is 2.19 bits per heavy atom. The van der Waals surface area contributed by atoms with Gasteiger partial charge in [-0.15, -0.1) is 0 Å². The fourth-order valence-electron chi connectivity index (χ4n) is 5.76. The number of aromatic nitrogens is 1. The maximum atomic E-state index is 14.0. The molecule has 3 aromatic rings. The van der Waals surface area contributed by atoms with Gasteiger partial charge in [-0.05, 0) is 87.5 Å². The topological polar surface area (TPSA) is 81.2 Å². The number of likely N-dealkylation sites (tertiary alicyclic amines) is 1. The predicted molar refractivity (Wildman–Crippen MR) is 189 cm³/mol. The molecule has 3 atom stereocenters. The highest BCUT2D eigenvalue weighted by Crippen LogP contribution is 2.44. The number of carbonyl (C=O) groups is 2. The molecule has 1 fully saturated rings. The first kappa shape index (κ1) is 36.1. The molecule has 1 saturated heterocycles. The van der Waals surface area contributed by atoms with E-state index in [1.54, 1.807) is 25.1 Å². The molecule has 254 valence electrons. The summed E-state index contributed by atoms with van der Waals surface area (Å²) in [4.78, 5) is 35.3. The SMILES string of the molecule is COc1cccc(CN(C)C(=O)c2ccc(C[C@@H]3CC[C@H]([C@H](O[Si](C)(C)C(C)(C)C)c4ccccc4)N3C(=O)OC(C)(C)C)cc2)n1. The van der Waals surface area contributed by atoms with Crippen LogP contribution in [0.25, 0.3) is 0 Å². The average molecular weight is 660 g/mol. The summed E-state index contributed by atoms with van der Waals surface area (Å²) < 4.78 is 18.4.